The van der Waals surface area contributed by atoms with Gasteiger partial charge in [0.25, 0.3) is 0 Å². The van der Waals surface area contributed by atoms with Crippen LogP contribution in [0.5, 0.6) is 0 Å². The fourth-order valence-corrected chi connectivity index (χ4v) is 4.35. The number of para-hydroxylation sites is 1. The molecule has 23 heavy (non-hydrogen) atoms. The molecule has 1 heterocycles. The number of amides is 2. The number of hydrogen-bond acceptors (Lipinski definition) is 3. The molecule has 1 aliphatic heterocycles. The number of nitrogens with one attached hydrogen (secondary N) is 2. The first-order valence-electron chi connectivity index (χ1n) is 8.50. The van der Waals surface area contributed by atoms with E-state index in [1.54, 1.807) is 6.92 Å². The third kappa shape index (κ3) is 3.55. The van der Waals surface area contributed by atoms with Gasteiger partial charge in [0.05, 0.1) is 5.69 Å². The van der Waals surface area contributed by atoms with Crippen LogP contribution in [0.1, 0.15) is 51.9 Å². The first-order chi connectivity index (χ1) is 11.1. The first-order valence-corrected chi connectivity index (χ1v) is 9.32. The number of benzene rings is 1. The van der Waals surface area contributed by atoms with Gasteiger partial charge in [-0.15, -0.1) is 0 Å². The molecular formula is C18H24N2O2S. The number of hydrogen-bond donors (Lipinski definition) is 2. The van der Waals surface area contributed by atoms with Gasteiger partial charge < -0.3 is 10.6 Å². The summed E-state index contributed by atoms with van der Waals surface area (Å²) >= 11 is 1.35. The lowest BCUT2D eigenvalue weighted by Crippen LogP contribution is -2.54. The molecular weight excluding hydrogens is 308 g/mol. The molecule has 1 unspecified atom stereocenters. The number of rotatable bonds is 2. The van der Waals surface area contributed by atoms with Crippen molar-refractivity contribution in [1.82, 2.24) is 5.32 Å². The van der Waals surface area contributed by atoms with E-state index in [-0.39, 0.29) is 17.9 Å². The van der Waals surface area contributed by atoms with Crippen molar-refractivity contribution in [1.29, 1.82) is 0 Å². The van der Waals surface area contributed by atoms with Crippen LogP contribution < -0.4 is 10.6 Å². The van der Waals surface area contributed by atoms with E-state index in [9.17, 15) is 9.59 Å². The van der Waals surface area contributed by atoms with E-state index < -0.39 is 4.75 Å². The highest BCUT2D eigenvalue weighted by Gasteiger charge is 2.46. The standard InChI is InChI=1S/C18H24N2O2S/c1-18(16(21)19-13-9-5-3-2-4-6-10-13)17(22)20-14-11-7-8-12-15(14)23-18/h7-8,11-13H,2-6,9-10H2,1H3,(H,19,21)(H,20,22). The van der Waals surface area contributed by atoms with Crippen molar-refractivity contribution in [2.24, 2.45) is 0 Å². The zero-order chi connectivity index (χ0) is 16.3. The Bertz CT molecular complexity index is 596. The maximum atomic E-state index is 12.8. The molecule has 1 saturated carbocycles. The van der Waals surface area contributed by atoms with E-state index >= 15 is 0 Å². The summed E-state index contributed by atoms with van der Waals surface area (Å²) < 4.78 is -1.10. The van der Waals surface area contributed by atoms with Gasteiger partial charge in [-0.25, -0.2) is 0 Å². The number of carbonyl (C=O) groups excluding carboxylic acids is 2. The van der Waals surface area contributed by atoms with Crippen LogP contribution in [0, 0.1) is 0 Å². The Morgan fingerprint density at radius 2 is 1.83 bits per heavy atom. The maximum Gasteiger partial charge on any atom is 0.250 e. The maximum absolute atomic E-state index is 12.8. The van der Waals surface area contributed by atoms with E-state index in [1.807, 2.05) is 24.3 Å². The Kier molecular flexibility index (Phi) is 4.95. The average molecular weight is 332 g/mol. The van der Waals surface area contributed by atoms with E-state index in [0.717, 1.165) is 36.3 Å². The lowest BCUT2D eigenvalue weighted by molar-refractivity contribution is -0.130. The molecule has 2 aliphatic rings. The van der Waals surface area contributed by atoms with Crippen molar-refractivity contribution < 1.29 is 9.59 Å². The predicted octanol–water partition coefficient (Wildman–Crippen LogP) is 3.72. The molecule has 0 radical (unpaired) electrons. The van der Waals surface area contributed by atoms with Crippen molar-refractivity contribution >= 4 is 29.3 Å². The molecule has 1 atom stereocenters. The van der Waals surface area contributed by atoms with Crippen LogP contribution in [0.2, 0.25) is 0 Å². The monoisotopic (exact) mass is 332 g/mol. The van der Waals surface area contributed by atoms with Crippen LogP contribution in [0.4, 0.5) is 5.69 Å². The second kappa shape index (κ2) is 6.95. The summed E-state index contributed by atoms with van der Waals surface area (Å²) in [6.45, 7) is 1.72. The highest BCUT2D eigenvalue weighted by atomic mass is 32.2. The summed E-state index contributed by atoms with van der Waals surface area (Å²) in [4.78, 5) is 26.3. The van der Waals surface area contributed by atoms with Crippen molar-refractivity contribution in [2.75, 3.05) is 5.32 Å². The minimum absolute atomic E-state index is 0.167. The summed E-state index contributed by atoms with van der Waals surface area (Å²) in [5.74, 6) is -0.398. The van der Waals surface area contributed by atoms with Crippen LogP contribution >= 0.6 is 11.8 Å². The first kappa shape index (κ1) is 16.4. The molecule has 0 spiro atoms. The third-order valence-electron chi connectivity index (χ3n) is 4.76. The predicted molar refractivity (Wildman–Crippen MR) is 93.6 cm³/mol. The second-order valence-electron chi connectivity index (χ2n) is 6.60. The van der Waals surface area contributed by atoms with Gasteiger partial charge in [0.1, 0.15) is 0 Å². The highest BCUT2D eigenvalue weighted by Crippen LogP contribution is 2.42. The largest absolute Gasteiger partial charge is 0.352 e. The van der Waals surface area contributed by atoms with Gasteiger partial charge in [-0.3, -0.25) is 9.59 Å². The average Bonchev–Trinajstić information content (AvgIpc) is 2.50. The van der Waals surface area contributed by atoms with Gasteiger partial charge in [0.2, 0.25) is 11.8 Å². The molecule has 1 fully saturated rings. The fraction of sp³-hybridized carbons (Fsp3) is 0.556. The van der Waals surface area contributed by atoms with E-state index in [1.165, 1.54) is 31.0 Å². The Hall–Kier alpha value is -1.49. The summed E-state index contributed by atoms with van der Waals surface area (Å²) in [7, 11) is 0. The molecule has 0 aromatic heterocycles. The van der Waals surface area contributed by atoms with Crippen LogP contribution in [-0.2, 0) is 9.59 Å². The molecule has 2 amide bonds. The van der Waals surface area contributed by atoms with Crippen LogP contribution in [0.15, 0.2) is 29.2 Å². The molecule has 124 valence electrons. The normalized spacial score (nSPS) is 25.7. The number of fused-ring (bicyclic) bond motifs is 1. The molecule has 1 aromatic rings. The van der Waals surface area contributed by atoms with Gasteiger partial charge in [0.15, 0.2) is 4.75 Å². The quantitative estimate of drug-likeness (QED) is 0.812. The molecule has 4 nitrogen and oxygen atoms in total. The van der Waals surface area contributed by atoms with Crippen molar-refractivity contribution in [2.45, 2.75) is 67.6 Å². The lowest BCUT2D eigenvalue weighted by Gasteiger charge is -2.33. The lowest BCUT2D eigenvalue weighted by atomic mass is 9.96. The molecule has 0 saturated heterocycles. The Balaban J connectivity index is 1.71. The summed E-state index contributed by atoms with van der Waals surface area (Å²) in [5.41, 5.74) is 0.790. The second-order valence-corrected chi connectivity index (χ2v) is 8.06. The molecule has 0 bridgehead atoms. The minimum atomic E-state index is -1.10. The fourth-order valence-electron chi connectivity index (χ4n) is 3.24. The Morgan fingerprint density at radius 3 is 2.57 bits per heavy atom. The molecule has 2 N–H and O–H groups in total. The van der Waals surface area contributed by atoms with Crippen LogP contribution in [-0.4, -0.2) is 22.6 Å². The third-order valence-corrected chi connectivity index (χ3v) is 6.11. The number of carbonyl (C=O) groups is 2. The Morgan fingerprint density at radius 1 is 1.17 bits per heavy atom. The van der Waals surface area contributed by atoms with Gasteiger partial charge in [-0.1, -0.05) is 56.0 Å². The van der Waals surface area contributed by atoms with E-state index in [0.29, 0.717) is 0 Å². The highest BCUT2D eigenvalue weighted by molar-refractivity contribution is 8.02. The smallest absolute Gasteiger partial charge is 0.250 e. The zero-order valence-electron chi connectivity index (χ0n) is 13.6. The summed E-state index contributed by atoms with van der Waals surface area (Å²) in [6, 6.07) is 7.82. The van der Waals surface area contributed by atoms with Gasteiger partial charge in [-0.2, -0.15) is 0 Å². The molecule has 3 rings (SSSR count). The number of anilines is 1. The van der Waals surface area contributed by atoms with Crippen molar-refractivity contribution in [3.63, 3.8) is 0 Å². The summed E-state index contributed by atoms with van der Waals surface area (Å²) in [6.07, 6.45) is 8.13. The zero-order valence-corrected chi connectivity index (χ0v) is 14.4. The van der Waals surface area contributed by atoms with Gasteiger partial charge >= 0.3 is 0 Å². The SMILES string of the molecule is CC1(C(=O)NC2CCCCCCC2)Sc2ccccc2NC1=O. The van der Waals surface area contributed by atoms with Crippen molar-refractivity contribution in [3.8, 4) is 0 Å². The molecule has 5 heteroatoms. The summed E-state index contributed by atoms with van der Waals surface area (Å²) in [5, 5.41) is 6.01. The topological polar surface area (TPSA) is 58.2 Å². The molecule has 1 aromatic carbocycles. The number of thioether (sulfide) groups is 1. The van der Waals surface area contributed by atoms with E-state index in [2.05, 4.69) is 10.6 Å². The minimum Gasteiger partial charge on any atom is -0.352 e. The van der Waals surface area contributed by atoms with Crippen LogP contribution in [0.25, 0.3) is 0 Å². The Labute approximate surface area is 141 Å². The van der Waals surface area contributed by atoms with Crippen molar-refractivity contribution in [3.05, 3.63) is 24.3 Å². The van der Waals surface area contributed by atoms with E-state index in [4.69, 9.17) is 0 Å². The van der Waals surface area contributed by atoms with Crippen LogP contribution in [0.3, 0.4) is 0 Å². The van der Waals surface area contributed by atoms with Gasteiger partial charge in [-0.05, 0) is 31.9 Å². The van der Waals surface area contributed by atoms with Gasteiger partial charge in [0, 0.05) is 10.9 Å². The molecule has 1 aliphatic carbocycles.